The van der Waals surface area contributed by atoms with Crippen LogP contribution >= 0.6 is 0 Å². The second-order valence-corrected chi connectivity index (χ2v) is 3.42. The van der Waals surface area contributed by atoms with Gasteiger partial charge in [0.15, 0.2) is 0 Å². The summed E-state index contributed by atoms with van der Waals surface area (Å²) in [5.41, 5.74) is 0. The molecule has 0 saturated heterocycles. The van der Waals surface area contributed by atoms with Crippen molar-refractivity contribution >= 4 is 5.91 Å². The van der Waals surface area contributed by atoms with Crippen molar-refractivity contribution < 1.29 is 14.3 Å². The molecular weight excluding hydrogens is 206 g/mol. The van der Waals surface area contributed by atoms with E-state index >= 15 is 0 Å². The molecule has 0 bridgehead atoms. The van der Waals surface area contributed by atoms with Crippen molar-refractivity contribution in [1.82, 2.24) is 4.90 Å². The van der Waals surface area contributed by atoms with E-state index < -0.39 is 0 Å². The van der Waals surface area contributed by atoms with Gasteiger partial charge in [-0.2, -0.15) is 0 Å². The van der Waals surface area contributed by atoms with Gasteiger partial charge in [0.2, 0.25) is 5.91 Å². The average molecular weight is 227 g/mol. The van der Waals surface area contributed by atoms with E-state index in [1.807, 2.05) is 0 Å². The number of methoxy groups -OCH3 is 2. The molecule has 0 unspecified atom stereocenters. The molecule has 0 radical (unpaired) electrons. The molecule has 0 aromatic carbocycles. The summed E-state index contributed by atoms with van der Waals surface area (Å²) in [7, 11) is 3.24. The zero-order chi connectivity index (χ0) is 12.2. The first-order valence-corrected chi connectivity index (χ1v) is 5.45. The lowest BCUT2D eigenvalue weighted by atomic mass is 10.2. The second-order valence-electron chi connectivity index (χ2n) is 3.42. The molecule has 0 aliphatic heterocycles. The maximum Gasteiger partial charge on any atom is 0.222 e. The summed E-state index contributed by atoms with van der Waals surface area (Å²) in [5.74, 6) is 2.64. The molecule has 0 spiro atoms. The van der Waals surface area contributed by atoms with Gasteiger partial charge in [0.1, 0.15) is 0 Å². The van der Waals surface area contributed by atoms with E-state index in [-0.39, 0.29) is 5.91 Å². The first-order chi connectivity index (χ1) is 7.76. The minimum Gasteiger partial charge on any atom is -0.383 e. The van der Waals surface area contributed by atoms with Gasteiger partial charge in [-0.05, 0) is 6.42 Å². The van der Waals surface area contributed by atoms with Crippen molar-refractivity contribution in [2.75, 3.05) is 40.5 Å². The van der Waals surface area contributed by atoms with Crippen molar-refractivity contribution in [2.24, 2.45) is 0 Å². The fraction of sp³-hybridized carbons (Fsp3) is 0.750. The molecule has 4 heteroatoms. The monoisotopic (exact) mass is 227 g/mol. The molecule has 0 saturated carbocycles. The van der Waals surface area contributed by atoms with Crippen LogP contribution in [-0.2, 0) is 14.3 Å². The van der Waals surface area contributed by atoms with Crippen LogP contribution in [0.25, 0.3) is 0 Å². The Bertz CT molecular complexity index is 215. The van der Waals surface area contributed by atoms with Crippen LogP contribution in [0.15, 0.2) is 0 Å². The van der Waals surface area contributed by atoms with Crippen LogP contribution in [0.3, 0.4) is 0 Å². The largest absolute Gasteiger partial charge is 0.383 e. The Hall–Kier alpha value is -1.05. The van der Waals surface area contributed by atoms with Gasteiger partial charge >= 0.3 is 0 Å². The third-order valence-corrected chi connectivity index (χ3v) is 2.20. The lowest BCUT2D eigenvalue weighted by Gasteiger charge is -2.21. The summed E-state index contributed by atoms with van der Waals surface area (Å²) < 4.78 is 9.92. The highest BCUT2D eigenvalue weighted by Gasteiger charge is 2.11. The fourth-order valence-electron chi connectivity index (χ4n) is 1.26. The normalized spacial score (nSPS) is 9.81. The minimum atomic E-state index is 0.115. The van der Waals surface area contributed by atoms with Crippen molar-refractivity contribution in [3.63, 3.8) is 0 Å². The van der Waals surface area contributed by atoms with Gasteiger partial charge < -0.3 is 14.4 Å². The van der Waals surface area contributed by atoms with E-state index in [4.69, 9.17) is 15.9 Å². The summed E-state index contributed by atoms with van der Waals surface area (Å²) in [6.07, 6.45) is 7.02. The molecule has 16 heavy (non-hydrogen) atoms. The highest BCUT2D eigenvalue weighted by atomic mass is 16.5. The van der Waals surface area contributed by atoms with Gasteiger partial charge in [-0.3, -0.25) is 4.79 Å². The summed E-state index contributed by atoms with van der Waals surface area (Å²) in [4.78, 5) is 13.5. The molecule has 92 valence electrons. The van der Waals surface area contributed by atoms with Crippen molar-refractivity contribution in [3.8, 4) is 12.3 Å². The molecule has 0 aromatic rings. The van der Waals surface area contributed by atoms with E-state index in [2.05, 4.69) is 5.92 Å². The number of hydrogen-bond donors (Lipinski definition) is 0. The molecular formula is C12H21NO3. The van der Waals surface area contributed by atoms with Crippen LogP contribution in [0.5, 0.6) is 0 Å². The first-order valence-electron chi connectivity index (χ1n) is 5.45. The maximum absolute atomic E-state index is 11.8. The Balaban J connectivity index is 3.94. The lowest BCUT2D eigenvalue weighted by Crippen LogP contribution is -2.36. The molecule has 4 nitrogen and oxygen atoms in total. The first kappa shape index (κ1) is 14.9. The quantitative estimate of drug-likeness (QED) is 0.434. The van der Waals surface area contributed by atoms with E-state index in [1.54, 1.807) is 19.1 Å². The molecule has 0 aromatic heterocycles. The van der Waals surface area contributed by atoms with Crippen LogP contribution in [0, 0.1) is 12.3 Å². The summed E-state index contributed by atoms with van der Waals surface area (Å²) in [6, 6.07) is 0. The number of ether oxygens (including phenoxy) is 2. The van der Waals surface area contributed by atoms with E-state index in [1.165, 1.54) is 0 Å². The number of hydrogen-bond acceptors (Lipinski definition) is 3. The average Bonchev–Trinajstić information content (AvgIpc) is 2.29. The standard InChI is InChI=1S/C12H21NO3/c1-4-5-6-7-12(14)13(8-10-15-2)9-11-16-3/h1H,5-11H2,2-3H3. The number of carbonyl (C=O) groups is 1. The number of unbranched alkanes of at least 4 members (excludes halogenated alkanes) is 1. The zero-order valence-corrected chi connectivity index (χ0v) is 10.2. The summed E-state index contributed by atoms with van der Waals surface area (Å²) >= 11 is 0. The molecule has 0 aliphatic rings. The summed E-state index contributed by atoms with van der Waals surface area (Å²) in [5, 5.41) is 0. The van der Waals surface area contributed by atoms with Crippen LogP contribution in [0.1, 0.15) is 19.3 Å². The maximum atomic E-state index is 11.8. The van der Waals surface area contributed by atoms with Crippen molar-refractivity contribution in [1.29, 1.82) is 0 Å². The Morgan fingerprint density at radius 1 is 1.25 bits per heavy atom. The third-order valence-electron chi connectivity index (χ3n) is 2.20. The molecule has 0 heterocycles. The molecule has 0 atom stereocenters. The topological polar surface area (TPSA) is 38.8 Å². The molecule has 0 rings (SSSR count). The molecule has 0 fully saturated rings. The molecule has 0 N–H and O–H groups in total. The van der Waals surface area contributed by atoms with E-state index in [0.717, 1.165) is 6.42 Å². The SMILES string of the molecule is C#CCCCC(=O)N(CCOC)CCOC. The highest BCUT2D eigenvalue weighted by molar-refractivity contribution is 5.76. The van der Waals surface area contributed by atoms with Crippen LogP contribution in [-0.4, -0.2) is 51.3 Å². The Morgan fingerprint density at radius 2 is 1.81 bits per heavy atom. The second kappa shape index (κ2) is 10.5. The van der Waals surface area contributed by atoms with E-state index in [9.17, 15) is 4.79 Å². The Morgan fingerprint density at radius 3 is 2.25 bits per heavy atom. The number of rotatable bonds is 9. The van der Waals surface area contributed by atoms with Gasteiger partial charge in [0, 0.05) is 40.2 Å². The summed E-state index contributed by atoms with van der Waals surface area (Å²) in [6.45, 7) is 2.30. The molecule has 0 aliphatic carbocycles. The smallest absolute Gasteiger partial charge is 0.222 e. The minimum absolute atomic E-state index is 0.115. The number of carbonyl (C=O) groups excluding carboxylic acids is 1. The van der Waals surface area contributed by atoms with Crippen molar-refractivity contribution in [3.05, 3.63) is 0 Å². The molecule has 1 amide bonds. The Kier molecular flexibility index (Phi) is 9.78. The number of amides is 1. The predicted octanol–water partition coefficient (Wildman–Crippen LogP) is 0.911. The fourth-order valence-corrected chi connectivity index (χ4v) is 1.26. The number of nitrogens with zero attached hydrogens (tertiary/aromatic N) is 1. The van der Waals surface area contributed by atoms with Gasteiger partial charge in [-0.15, -0.1) is 12.3 Å². The van der Waals surface area contributed by atoms with Gasteiger partial charge in [-0.1, -0.05) is 0 Å². The van der Waals surface area contributed by atoms with Gasteiger partial charge in [0.25, 0.3) is 0 Å². The highest BCUT2D eigenvalue weighted by Crippen LogP contribution is 2.00. The predicted molar refractivity (Wildman–Crippen MR) is 63.0 cm³/mol. The Labute approximate surface area is 97.9 Å². The third kappa shape index (κ3) is 7.27. The van der Waals surface area contributed by atoms with Crippen LogP contribution < -0.4 is 0 Å². The zero-order valence-electron chi connectivity index (χ0n) is 10.2. The van der Waals surface area contributed by atoms with E-state index in [0.29, 0.717) is 39.1 Å². The number of terminal acetylenes is 1. The lowest BCUT2D eigenvalue weighted by molar-refractivity contribution is -0.132. The van der Waals surface area contributed by atoms with Crippen LogP contribution in [0.4, 0.5) is 0 Å². The van der Waals surface area contributed by atoms with Crippen molar-refractivity contribution in [2.45, 2.75) is 19.3 Å². The van der Waals surface area contributed by atoms with Gasteiger partial charge in [-0.25, -0.2) is 0 Å². The van der Waals surface area contributed by atoms with Crippen LogP contribution in [0.2, 0.25) is 0 Å². The van der Waals surface area contributed by atoms with Gasteiger partial charge in [0.05, 0.1) is 13.2 Å².